The van der Waals surface area contributed by atoms with Gasteiger partial charge in [0.25, 0.3) is 5.91 Å². The number of hydrogen-bond acceptors (Lipinski definition) is 7. The lowest BCUT2D eigenvalue weighted by Crippen LogP contribution is -2.24. The van der Waals surface area contributed by atoms with E-state index in [9.17, 15) is 9.35 Å². The molecule has 1 amide bonds. The van der Waals surface area contributed by atoms with E-state index in [1.807, 2.05) is 56.3 Å². The van der Waals surface area contributed by atoms with Crippen LogP contribution in [0.25, 0.3) is 22.5 Å². The molecule has 1 aromatic heterocycles. The average molecular weight is 519 g/mol. The van der Waals surface area contributed by atoms with Gasteiger partial charge in [0.05, 0.1) is 12.7 Å². The van der Waals surface area contributed by atoms with E-state index in [1.54, 1.807) is 44.4 Å². The molecule has 1 atom stereocenters. The molecule has 1 heterocycles. The van der Waals surface area contributed by atoms with Crippen molar-refractivity contribution >= 4 is 22.8 Å². The molecule has 0 saturated carbocycles. The topological polar surface area (TPSA) is 104 Å². The van der Waals surface area contributed by atoms with Gasteiger partial charge < -0.3 is 24.0 Å². The Morgan fingerprint density at radius 3 is 2.41 bits per heavy atom. The van der Waals surface area contributed by atoms with Crippen molar-refractivity contribution < 1.29 is 18.6 Å². The van der Waals surface area contributed by atoms with Gasteiger partial charge in [0.1, 0.15) is 11.5 Å². The molecule has 4 rings (SSSR count). The third-order valence-electron chi connectivity index (χ3n) is 5.87. The first-order valence-corrected chi connectivity index (χ1v) is 13.1. The van der Waals surface area contributed by atoms with Crippen molar-refractivity contribution in [1.29, 1.82) is 0 Å². The second-order valence-corrected chi connectivity index (χ2v) is 10.5. The van der Waals surface area contributed by atoms with Crippen LogP contribution >= 0.6 is 0 Å². The lowest BCUT2D eigenvalue weighted by Gasteiger charge is -2.18. The lowest BCUT2D eigenvalue weighted by molar-refractivity contribution is 0.102. The summed E-state index contributed by atoms with van der Waals surface area (Å²) in [6, 6.07) is 18.5. The highest BCUT2D eigenvalue weighted by Crippen LogP contribution is 2.31. The second-order valence-electron chi connectivity index (χ2n) is 8.91. The minimum absolute atomic E-state index is 0.315. The summed E-state index contributed by atoms with van der Waals surface area (Å²) < 4.78 is 23.7. The van der Waals surface area contributed by atoms with Crippen molar-refractivity contribution in [3.63, 3.8) is 0 Å². The second kappa shape index (κ2) is 11.6. The van der Waals surface area contributed by atoms with Crippen molar-refractivity contribution in [3.05, 3.63) is 77.7 Å². The number of rotatable bonds is 9. The Hall–Kier alpha value is -3.66. The Balaban J connectivity index is 1.67. The number of aryl methyl sites for hydroxylation is 2. The van der Waals surface area contributed by atoms with E-state index in [2.05, 4.69) is 15.5 Å². The van der Waals surface area contributed by atoms with Crippen LogP contribution in [0.3, 0.4) is 0 Å². The zero-order valence-corrected chi connectivity index (χ0v) is 22.4. The summed E-state index contributed by atoms with van der Waals surface area (Å²) in [7, 11) is 5.45. The number of nitrogens with zero attached hydrogens (tertiary/aromatic N) is 3. The van der Waals surface area contributed by atoms with Crippen LogP contribution < -0.4 is 10.1 Å². The van der Waals surface area contributed by atoms with E-state index < -0.39 is 11.2 Å². The molecule has 37 heavy (non-hydrogen) atoms. The predicted molar refractivity (Wildman–Crippen MR) is 145 cm³/mol. The molecule has 4 aromatic rings. The van der Waals surface area contributed by atoms with Crippen LogP contribution in [0.2, 0.25) is 0 Å². The monoisotopic (exact) mass is 518 g/mol. The maximum absolute atomic E-state index is 13.4. The molecule has 0 saturated heterocycles. The SMILES string of the molecule is COc1ccc(NC(=O)c2ccc(-c3ccc(-c4noc(C)n4)cc3C)cc2[S+]([O-])CCN(C)C)cc1. The van der Waals surface area contributed by atoms with Crippen molar-refractivity contribution in [3.8, 4) is 28.3 Å². The fourth-order valence-corrected chi connectivity index (χ4v) is 5.27. The van der Waals surface area contributed by atoms with E-state index in [-0.39, 0.29) is 5.91 Å². The minimum Gasteiger partial charge on any atom is -0.611 e. The largest absolute Gasteiger partial charge is 0.611 e. The zero-order chi connectivity index (χ0) is 26.5. The van der Waals surface area contributed by atoms with E-state index >= 15 is 0 Å². The predicted octanol–water partition coefficient (Wildman–Crippen LogP) is 4.95. The van der Waals surface area contributed by atoms with Crippen LogP contribution in [0.15, 0.2) is 70.1 Å². The smallest absolute Gasteiger partial charge is 0.260 e. The number of hydrogen-bond donors (Lipinski definition) is 1. The van der Waals surface area contributed by atoms with Gasteiger partial charge in [0.2, 0.25) is 11.7 Å². The first-order chi connectivity index (χ1) is 17.7. The van der Waals surface area contributed by atoms with Gasteiger partial charge in [-0.3, -0.25) is 4.79 Å². The van der Waals surface area contributed by atoms with Crippen LogP contribution in [-0.4, -0.2) is 59.0 Å². The molecule has 9 heteroatoms. The molecule has 192 valence electrons. The van der Waals surface area contributed by atoms with Crippen LogP contribution in [0, 0.1) is 13.8 Å². The Kier molecular flexibility index (Phi) is 8.27. The molecule has 8 nitrogen and oxygen atoms in total. The molecule has 0 aliphatic heterocycles. The maximum Gasteiger partial charge on any atom is 0.260 e. The molecule has 1 unspecified atom stereocenters. The van der Waals surface area contributed by atoms with Crippen LogP contribution in [0.4, 0.5) is 5.69 Å². The number of anilines is 1. The molecule has 0 radical (unpaired) electrons. The summed E-state index contributed by atoms with van der Waals surface area (Å²) in [5.41, 5.74) is 4.71. The number of amides is 1. The third kappa shape index (κ3) is 6.37. The molecule has 0 aliphatic carbocycles. The number of benzene rings is 3. The van der Waals surface area contributed by atoms with Crippen molar-refractivity contribution in [2.75, 3.05) is 38.8 Å². The first-order valence-electron chi connectivity index (χ1n) is 11.8. The molecule has 0 bridgehead atoms. The standard InChI is InChI=1S/C28H30N4O4S/c1-18-16-21(27-29-19(2)36-31-27)7-12-24(18)20-6-13-25(26(17-20)37(34)15-14-32(3)4)28(33)30-22-8-10-23(35-5)11-9-22/h6-13,16-17H,14-15H2,1-5H3,(H,30,33). The molecule has 1 N–H and O–H groups in total. The number of carbonyl (C=O) groups excluding carboxylic acids is 1. The summed E-state index contributed by atoms with van der Waals surface area (Å²) in [5, 5.41) is 6.90. The molecule has 0 spiro atoms. The van der Waals surface area contributed by atoms with Gasteiger partial charge in [-0.05, 0) is 85.3 Å². The Morgan fingerprint density at radius 2 is 1.78 bits per heavy atom. The number of carbonyl (C=O) groups is 1. The quantitative estimate of drug-likeness (QED) is 0.313. The van der Waals surface area contributed by atoms with E-state index in [1.165, 1.54) is 0 Å². The van der Waals surface area contributed by atoms with Crippen molar-refractivity contribution in [2.45, 2.75) is 18.7 Å². The maximum atomic E-state index is 13.4. The molecule has 0 aliphatic rings. The zero-order valence-electron chi connectivity index (χ0n) is 21.6. The van der Waals surface area contributed by atoms with E-state index in [0.717, 1.165) is 22.3 Å². The van der Waals surface area contributed by atoms with E-state index in [4.69, 9.17) is 9.26 Å². The molecule has 0 fully saturated rings. The highest BCUT2D eigenvalue weighted by Gasteiger charge is 2.23. The summed E-state index contributed by atoms with van der Waals surface area (Å²) in [6.07, 6.45) is 0. The number of ether oxygens (including phenoxy) is 1. The summed E-state index contributed by atoms with van der Waals surface area (Å²) >= 11 is -1.38. The average Bonchev–Trinajstić information content (AvgIpc) is 3.33. The van der Waals surface area contributed by atoms with Crippen molar-refractivity contribution in [1.82, 2.24) is 15.0 Å². The van der Waals surface area contributed by atoms with Gasteiger partial charge in [-0.25, -0.2) is 0 Å². The molecular weight excluding hydrogens is 488 g/mol. The normalized spacial score (nSPS) is 12.0. The van der Waals surface area contributed by atoms with Gasteiger partial charge in [-0.1, -0.05) is 23.4 Å². The molecule has 3 aromatic carbocycles. The Bertz CT molecular complexity index is 1390. The fraction of sp³-hybridized carbons (Fsp3) is 0.250. The fourth-order valence-electron chi connectivity index (χ4n) is 3.86. The van der Waals surface area contributed by atoms with E-state index in [0.29, 0.717) is 45.9 Å². The first kappa shape index (κ1) is 26.4. The number of aromatic nitrogens is 2. The van der Waals surface area contributed by atoms with Gasteiger partial charge in [-0.15, -0.1) is 0 Å². The highest BCUT2D eigenvalue weighted by atomic mass is 32.2. The minimum atomic E-state index is -1.38. The van der Waals surface area contributed by atoms with Gasteiger partial charge >= 0.3 is 0 Å². The van der Waals surface area contributed by atoms with Gasteiger partial charge in [0.15, 0.2) is 4.90 Å². The van der Waals surface area contributed by atoms with Crippen molar-refractivity contribution in [2.24, 2.45) is 0 Å². The molecular formula is C28H30N4O4S. The Labute approximate surface area is 219 Å². The highest BCUT2D eigenvalue weighted by molar-refractivity contribution is 7.91. The Morgan fingerprint density at radius 1 is 1.05 bits per heavy atom. The van der Waals surface area contributed by atoms with Crippen LogP contribution in [-0.2, 0) is 11.2 Å². The summed E-state index contributed by atoms with van der Waals surface area (Å²) in [4.78, 5) is 20.0. The lowest BCUT2D eigenvalue weighted by atomic mass is 9.97. The number of methoxy groups -OCH3 is 1. The third-order valence-corrected chi connectivity index (χ3v) is 7.25. The summed E-state index contributed by atoms with van der Waals surface area (Å²) in [6.45, 7) is 4.38. The van der Waals surface area contributed by atoms with Gasteiger partial charge in [-0.2, -0.15) is 4.98 Å². The van der Waals surface area contributed by atoms with Crippen LogP contribution in [0.5, 0.6) is 5.75 Å². The number of nitrogens with one attached hydrogen (secondary N) is 1. The van der Waals surface area contributed by atoms with Crippen LogP contribution in [0.1, 0.15) is 21.8 Å². The summed E-state index contributed by atoms with van der Waals surface area (Å²) in [5.74, 6) is 1.83. The van der Waals surface area contributed by atoms with Gasteiger partial charge in [0, 0.05) is 30.8 Å².